The highest BCUT2D eigenvalue weighted by molar-refractivity contribution is 5.80. The van der Waals surface area contributed by atoms with Crippen LogP contribution >= 0.6 is 0 Å². The van der Waals surface area contributed by atoms with Crippen LogP contribution in [0.4, 0.5) is 0 Å². The fraction of sp³-hybridized carbons (Fsp3) is 0.923. The summed E-state index contributed by atoms with van der Waals surface area (Å²) in [7, 11) is 0. The minimum atomic E-state index is -0.500. The van der Waals surface area contributed by atoms with E-state index >= 15 is 0 Å². The molecule has 4 nitrogen and oxygen atoms in total. The Hall–Kier alpha value is -0.610. The van der Waals surface area contributed by atoms with E-state index in [1.165, 1.54) is 5.06 Å². The molecule has 0 aliphatic carbocycles. The minimum Gasteiger partial charge on any atom is -0.356 e. The van der Waals surface area contributed by atoms with Gasteiger partial charge in [0.2, 0.25) is 5.91 Å². The summed E-state index contributed by atoms with van der Waals surface area (Å²) < 4.78 is 0. The van der Waals surface area contributed by atoms with E-state index in [4.69, 9.17) is 0 Å². The zero-order valence-corrected chi connectivity index (χ0v) is 11.7. The zero-order chi connectivity index (χ0) is 13.3. The first-order valence-electron chi connectivity index (χ1n) is 6.50. The standard InChI is InChI=1S/C13H26N2O2/c1-6-7-8-14-11(16)10-9-12(2,3)15(17)13(10,4)5/h10,17H,6-9H2,1-5H3,(H,14,16). The lowest BCUT2D eigenvalue weighted by molar-refractivity contribution is -0.197. The molecule has 1 atom stereocenters. The largest absolute Gasteiger partial charge is 0.356 e. The second-order valence-electron chi connectivity index (χ2n) is 6.18. The van der Waals surface area contributed by atoms with Crippen molar-refractivity contribution >= 4 is 5.91 Å². The molecule has 1 unspecified atom stereocenters. The average Bonchev–Trinajstić information content (AvgIpc) is 2.39. The van der Waals surface area contributed by atoms with Gasteiger partial charge in [-0.3, -0.25) is 4.79 Å². The quantitative estimate of drug-likeness (QED) is 0.743. The van der Waals surface area contributed by atoms with Crippen molar-refractivity contribution in [1.29, 1.82) is 0 Å². The maximum absolute atomic E-state index is 12.1. The Morgan fingerprint density at radius 3 is 2.41 bits per heavy atom. The molecule has 100 valence electrons. The molecule has 4 heteroatoms. The fourth-order valence-electron chi connectivity index (χ4n) is 2.69. The number of hydrogen-bond acceptors (Lipinski definition) is 3. The van der Waals surface area contributed by atoms with Gasteiger partial charge < -0.3 is 10.5 Å². The fourth-order valence-corrected chi connectivity index (χ4v) is 2.69. The highest BCUT2D eigenvalue weighted by Crippen LogP contribution is 2.43. The van der Waals surface area contributed by atoms with Crippen LogP contribution in [0, 0.1) is 5.92 Å². The first kappa shape index (κ1) is 14.5. The van der Waals surface area contributed by atoms with E-state index in [0.29, 0.717) is 6.42 Å². The van der Waals surface area contributed by atoms with Crippen molar-refractivity contribution in [2.45, 2.75) is 65.0 Å². The van der Waals surface area contributed by atoms with Gasteiger partial charge in [-0.25, -0.2) is 0 Å². The van der Waals surface area contributed by atoms with Gasteiger partial charge in [0.15, 0.2) is 0 Å². The number of hydrogen-bond donors (Lipinski definition) is 2. The molecule has 0 radical (unpaired) electrons. The molecule has 0 spiro atoms. The molecule has 1 rings (SSSR count). The van der Waals surface area contributed by atoms with Crippen LogP contribution in [0.15, 0.2) is 0 Å². The minimum absolute atomic E-state index is 0.0630. The van der Waals surface area contributed by atoms with Crippen LogP contribution in [0.2, 0.25) is 0 Å². The molecule has 0 aromatic carbocycles. The highest BCUT2D eigenvalue weighted by Gasteiger charge is 2.53. The molecule has 2 N–H and O–H groups in total. The summed E-state index contributed by atoms with van der Waals surface area (Å²) in [5.74, 6) is -0.0903. The number of carbonyl (C=O) groups is 1. The Bertz CT molecular complexity index is 287. The van der Waals surface area contributed by atoms with Crippen molar-refractivity contribution in [3.63, 3.8) is 0 Å². The monoisotopic (exact) mass is 242 g/mol. The third-order valence-electron chi connectivity index (χ3n) is 3.82. The predicted octanol–water partition coefficient (Wildman–Crippen LogP) is 2.17. The molecule has 0 aromatic rings. The zero-order valence-electron chi connectivity index (χ0n) is 11.7. The van der Waals surface area contributed by atoms with Crippen molar-refractivity contribution in [1.82, 2.24) is 10.4 Å². The summed E-state index contributed by atoms with van der Waals surface area (Å²) in [6, 6.07) is 0. The second-order valence-corrected chi connectivity index (χ2v) is 6.18. The third kappa shape index (κ3) is 2.80. The molecule has 1 saturated heterocycles. The Morgan fingerprint density at radius 1 is 1.41 bits per heavy atom. The Balaban J connectivity index is 2.68. The van der Waals surface area contributed by atoms with Crippen molar-refractivity contribution in [2.75, 3.05) is 6.54 Å². The van der Waals surface area contributed by atoms with E-state index < -0.39 is 5.54 Å². The van der Waals surface area contributed by atoms with E-state index in [-0.39, 0.29) is 17.4 Å². The van der Waals surface area contributed by atoms with E-state index in [1.807, 2.05) is 27.7 Å². The molecular weight excluding hydrogens is 216 g/mol. The molecule has 1 aliphatic rings. The van der Waals surface area contributed by atoms with Gasteiger partial charge in [-0.05, 0) is 40.5 Å². The molecule has 1 fully saturated rings. The third-order valence-corrected chi connectivity index (χ3v) is 3.82. The van der Waals surface area contributed by atoms with Gasteiger partial charge in [0.1, 0.15) is 0 Å². The van der Waals surface area contributed by atoms with Gasteiger partial charge in [0.25, 0.3) is 0 Å². The van der Waals surface area contributed by atoms with Gasteiger partial charge >= 0.3 is 0 Å². The first-order valence-corrected chi connectivity index (χ1v) is 6.50. The van der Waals surface area contributed by atoms with Crippen LogP contribution < -0.4 is 5.32 Å². The highest BCUT2D eigenvalue weighted by atomic mass is 16.5. The molecule has 1 amide bonds. The van der Waals surface area contributed by atoms with Crippen molar-refractivity contribution in [3.05, 3.63) is 0 Å². The lowest BCUT2D eigenvalue weighted by Crippen LogP contribution is -2.49. The Morgan fingerprint density at radius 2 is 2.00 bits per heavy atom. The maximum Gasteiger partial charge on any atom is 0.225 e. The molecule has 1 heterocycles. The number of nitrogens with zero attached hydrogens (tertiary/aromatic N) is 1. The molecule has 1 aliphatic heterocycles. The summed E-state index contributed by atoms with van der Waals surface area (Å²) in [6.07, 6.45) is 2.77. The second kappa shape index (κ2) is 4.94. The summed E-state index contributed by atoms with van der Waals surface area (Å²) in [4.78, 5) is 12.1. The van der Waals surface area contributed by atoms with Crippen LogP contribution in [0.1, 0.15) is 53.9 Å². The SMILES string of the molecule is CCCCNC(=O)C1CC(C)(C)N(O)C1(C)C. The summed E-state index contributed by atoms with van der Waals surface area (Å²) >= 11 is 0. The Labute approximate surface area is 104 Å². The lowest BCUT2D eigenvalue weighted by atomic mass is 9.86. The maximum atomic E-state index is 12.1. The van der Waals surface area contributed by atoms with Gasteiger partial charge in [0.05, 0.1) is 11.5 Å². The van der Waals surface area contributed by atoms with Crippen molar-refractivity contribution in [2.24, 2.45) is 5.92 Å². The predicted molar refractivity (Wildman–Crippen MR) is 67.8 cm³/mol. The number of nitrogens with one attached hydrogen (secondary N) is 1. The lowest BCUT2D eigenvalue weighted by Gasteiger charge is -2.35. The topological polar surface area (TPSA) is 52.6 Å². The van der Waals surface area contributed by atoms with Crippen molar-refractivity contribution in [3.8, 4) is 0 Å². The van der Waals surface area contributed by atoms with Gasteiger partial charge in [-0.1, -0.05) is 13.3 Å². The average molecular weight is 242 g/mol. The van der Waals surface area contributed by atoms with Gasteiger partial charge in [-0.2, -0.15) is 5.06 Å². The molecular formula is C13H26N2O2. The molecule has 0 bridgehead atoms. The van der Waals surface area contributed by atoms with Crippen LogP contribution in [0.3, 0.4) is 0 Å². The van der Waals surface area contributed by atoms with E-state index in [1.54, 1.807) is 0 Å². The summed E-state index contributed by atoms with van der Waals surface area (Å²) in [5.41, 5.74) is -0.837. The van der Waals surface area contributed by atoms with Crippen LogP contribution in [-0.4, -0.2) is 33.8 Å². The van der Waals surface area contributed by atoms with E-state index in [2.05, 4.69) is 12.2 Å². The molecule has 0 aromatic heterocycles. The van der Waals surface area contributed by atoms with Crippen molar-refractivity contribution < 1.29 is 10.0 Å². The first-order chi connectivity index (χ1) is 7.73. The van der Waals surface area contributed by atoms with Gasteiger partial charge in [-0.15, -0.1) is 0 Å². The number of rotatable bonds is 4. The number of amides is 1. The summed E-state index contributed by atoms with van der Waals surface area (Å²) in [6.45, 7) is 10.6. The van der Waals surface area contributed by atoms with Gasteiger partial charge in [0, 0.05) is 12.1 Å². The normalized spacial score (nSPS) is 27.1. The van der Waals surface area contributed by atoms with Crippen LogP contribution in [-0.2, 0) is 4.79 Å². The van der Waals surface area contributed by atoms with Crippen LogP contribution in [0.5, 0.6) is 0 Å². The van der Waals surface area contributed by atoms with Crippen LogP contribution in [0.25, 0.3) is 0 Å². The molecule has 0 saturated carbocycles. The van der Waals surface area contributed by atoms with E-state index in [0.717, 1.165) is 19.4 Å². The Kier molecular flexibility index (Phi) is 4.20. The number of carbonyl (C=O) groups excluding carboxylic acids is 1. The number of hydroxylamine groups is 2. The summed E-state index contributed by atoms with van der Waals surface area (Å²) in [5, 5.41) is 14.4. The van der Waals surface area contributed by atoms with E-state index in [9.17, 15) is 10.0 Å². The number of unbranched alkanes of at least 4 members (excludes halogenated alkanes) is 1. The smallest absolute Gasteiger partial charge is 0.225 e. The molecule has 17 heavy (non-hydrogen) atoms.